The maximum atomic E-state index is 11.1. The van der Waals surface area contributed by atoms with Gasteiger partial charge in [0.15, 0.2) is 0 Å². The molecule has 0 heterocycles. The molecule has 108 valence electrons. The van der Waals surface area contributed by atoms with E-state index in [9.17, 15) is 4.79 Å². The molecule has 5 aromatic rings. The molecule has 0 aliphatic carbocycles. The minimum atomic E-state index is 0.512. The van der Waals surface area contributed by atoms with Crippen molar-refractivity contribution in [3.8, 4) is 5.75 Å². The first-order valence-electron chi connectivity index (χ1n) is 7.57. The zero-order chi connectivity index (χ0) is 15.4. The van der Waals surface area contributed by atoms with Crippen LogP contribution < -0.4 is 4.74 Å². The first kappa shape index (κ1) is 12.4. The molecule has 5 aromatic carbocycles. The summed E-state index contributed by atoms with van der Waals surface area (Å²) in [5.41, 5.74) is 0. The Labute approximate surface area is 132 Å². The Bertz CT molecular complexity index is 1190. The number of fused-ring (bicyclic) bond motifs is 2. The van der Waals surface area contributed by atoms with E-state index in [1.54, 1.807) is 0 Å². The molecule has 23 heavy (non-hydrogen) atoms. The van der Waals surface area contributed by atoms with Gasteiger partial charge in [-0.1, -0.05) is 60.7 Å². The minimum Gasteiger partial charge on any atom is -0.427 e. The summed E-state index contributed by atoms with van der Waals surface area (Å²) in [5.74, 6) is 0.640. The predicted molar refractivity (Wildman–Crippen MR) is 94.3 cm³/mol. The SMILES string of the molecule is O=COc1c2ccccc2c2ccc3cccc4ccc1c2c43. The van der Waals surface area contributed by atoms with Crippen LogP contribution in [-0.2, 0) is 4.79 Å². The summed E-state index contributed by atoms with van der Waals surface area (Å²) in [4.78, 5) is 11.1. The number of hydrogen-bond acceptors (Lipinski definition) is 2. The lowest BCUT2D eigenvalue weighted by atomic mass is 9.90. The van der Waals surface area contributed by atoms with Gasteiger partial charge in [-0.15, -0.1) is 0 Å². The quantitative estimate of drug-likeness (QED) is 0.252. The van der Waals surface area contributed by atoms with Gasteiger partial charge in [0.2, 0.25) is 0 Å². The largest absolute Gasteiger partial charge is 0.427 e. The van der Waals surface area contributed by atoms with Gasteiger partial charge in [-0.3, -0.25) is 4.79 Å². The van der Waals surface area contributed by atoms with Gasteiger partial charge in [-0.05, 0) is 33.0 Å². The molecule has 0 aliphatic heterocycles. The van der Waals surface area contributed by atoms with Crippen LogP contribution in [0.15, 0.2) is 66.7 Å². The van der Waals surface area contributed by atoms with E-state index in [1.807, 2.05) is 18.2 Å². The molecule has 0 aliphatic rings. The van der Waals surface area contributed by atoms with E-state index in [-0.39, 0.29) is 0 Å². The van der Waals surface area contributed by atoms with Crippen LogP contribution in [0.3, 0.4) is 0 Å². The van der Waals surface area contributed by atoms with Gasteiger partial charge in [0.1, 0.15) is 5.75 Å². The maximum Gasteiger partial charge on any atom is 0.298 e. The molecule has 2 nitrogen and oxygen atoms in total. The molecular weight excluding hydrogens is 284 g/mol. The van der Waals surface area contributed by atoms with E-state index in [0.29, 0.717) is 12.2 Å². The highest BCUT2D eigenvalue weighted by molar-refractivity contribution is 6.31. The summed E-state index contributed by atoms with van der Waals surface area (Å²) in [5, 5.41) is 9.04. The van der Waals surface area contributed by atoms with Crippen molar-refractivity contribution in [3.63, 3.8) is 0 Å². The summed E-state index contributed by atoms with van der Waals surface area (Å²) in [6, 6.07) is 22.9. The lowest BCUT2D eigenvalue weighted by Gasteiger charge is -2.16. The van der Waals surface area contributed by atoms with E-state index in [1.165, 1.54) is 21.5 Å². The Hall–Kier alpha value is -3.13. The lowest BCUT2D eigenvalue weighted by molar-refractivity contribution is -0.120. The van der Waals surface area contributed by atoms with Crippen molar-refractivity contribution in [1.29, 1.82) is 0 Å². The fourth-order valence-electron chi connectivity index (χ4n) is 3.73. The van der Waals surface area contributed by atoms with Crippen molar-refractivity contribution >= 4 is 49.6 Å². The average molecular weight is 296 g/mol. The standard InChI is InChI=1S/C21H12O2/c22-12-23-21-17-7-2-1-6-15(17)16-10-8-13-4-3-5-14-9-11-18(21)20(16)19(13)14/h1-12H. The highest BCUT2D eigenvalue weighted by atomic mass is 16.5. The average Bonchev–Trinajstić information content (AvgIpc) is 2.61. The fraction of sp³-hybridized carbons (Fsp3) is 0. The lowest BCUT2D eigenvalue weighted by Crippen LogP contribution is -1.94. The summed E-state index contributed by atoms with van der Waals surface area (Å²) >= 11 is 0. The normalized spacial score (nSPS) is 11.7. The van der Waals surface area contributed by atoms with Gasteiger partial charge in [0.05, 0.1) is 0 Å². The fourth-order valence-corrected chi connectivity index (χ4v) is 3.73. The van der Waals surface area contributed by atoms with E-state index in [0.717, 1.165) is 21.5 Å². The molecule has 5 rings (SSSR count). The molecule has 0 unspecified atom stereocenters. The van der Waals surface area contributed by atoms with Crippen LogP contribution in [0.25, 0.3) is 43.1 Å². The number of benzene rings is 5. The number of hydrogen-bond donors (Lipinski definition) is 0. The van der Waals surface area contributed by atoms with Gasteiger partial charge in [-0.2, -0.15) is 0 Å². The smallest absolute Gasteiger partial charge is 0.298 e. The van der Waals surface area contributed by atoms with Gasteiger partial charge in [0, 0.05) is 16.2 Å². The Morgan fingerprint density at radius 2 is 1.30 bits per heavy atom. The van der Waals surface area contributed by atoms with Crippen LogP contribution >= 0.6 is 0 Å². The van der Waals surface area contributed by atoms with Gasteiger partial charge in [0.25, 0.3) is 6.47 Å². The van der Waals surface area contributed by atoms with Crippen LogP contribution in [0.5, 0.6) is 5.75 Å². The zero-order valence-electron chi connectivity index (χ0n) is 12.2. The number of carbonyl (C=O) groups excluding carboxylic acids is 1. The molecule has 0 radical (unpaired) electrons. The first-order chi connectivity index (χ1) is 11.4. The van der Waals surface area contributed by atoms with E-state index in [2.05, 4.69) is 48.5 Å². The molecule has 0 saturated carbocycles. The van der Waals surface area contributed by atoms with E-state index >= 15 is 0 Å². The second kappa shape index (κ2) is 4.43. The Morgan fingerprint density at radius 3 is 2.04 bits per heavy atom. The van der Waals surface area contributed by atoms with Crippen LogP contribution in [-0.4, -0.2) is 6.47 Å². The van der Waals surface area contributed by atoms with E-state index < -0.39 is 0 Å². The monoisotopic (exact) mass is 296 g/mol. The number of ether oxygens (including phenoxy) is 1. The Kier molecular flexibility index (Phi) is 2.39. The molecule has 0 N–H and O–H groups in total. The minimum absolute atomic E-state index is 0.512. The van der Waals surface area contributed by atoms with Crippen molar-refractivity contribution in [2.45, 2.75) is 0 Å². The second-order valence-corrected chi connectivity index (χ2v) is 5.77. The maximum absolute atomic E-state index is 11.1. The summed E-state index contributed by atoms with van der Waals surface area (Å²) in [6.07, 6.45) is 0. The molecule has 0 spiro atoms. The molecule has 0 saturated heterocycles. The Balaban J connectivity index is 2.18. The first-order valence-corrected chi connectivity index (χ1v) is 7.57. The molecule has 0 aromatic heterocycles. The number of carbonyl (C=O) groups is 1. The van der Waals surface area contributed by atoms with Crippen molar-refractivity contribution in [2.75, 3.05) is 0 Å². The molecule has 2 heteroatoms. The molecule has 0 amide bonds. The molecule has 0 fully saturated rings. The van der Waals surface area contributed by atoms with Crippen molar-refractivity contribution in [3.05, 3.63) is 66.7 Å². The van der Waals surface area contributed by atoms with Gasteiger partial charge >= 0.3 is 0 Å². The zero-order valence-corrected chi connectivity index (χ0v) is 12.2. The third-order valence-corrected chi connectivity index (χ3v) is 4.65. The highest BCUT2D eigenvalue weighted by Gasteiger charge is 2.16. The summed E-state index contributed by atoms with van der Waals surface area (Å²) < 4.78 is 5.40. The second-order valence-electron chi connectivity index (χ2n) is 5.77. The van der Waals surface area contributed by atoms with Crippen molar-refractivity contribution in [1.82, 2.24) is 0 Å². The summed E-state index contributed by atoms with van der Waals surface area (Å²) in [6.45, 7) is 0.512. The topological polar surface area (TPSA) is 26.3 Å². The van der Waals surface area contributed by atoms with Crippen LogP contribution in [0.1, 0.15) is 0 Å². The van der Waals surface area contributed by atoms with Crippen molar-refractivity contribution < 1.29 is 9.53 Å². The van der Waals surface area contributed by atoms with Gasteiger partial charge in [-0.25, -0.2) is 0 Å². The molecular formula is C21H12O2. The van der Waals surface area contributed by atoms with Crippen molar-refractivity contribution in [2.24, 2.45) is 0 Å². The van der Waals surface area contributed by atoms with E-state index in [4.69, 9.17) is 4.74 Å². The van der Waals surface area contributed by atoms with Gasteiger partial charge < -0.3 is 4.74 Å². The van der Waals surface area contributed by atoms with Crippen LogP contribution in [0, 0.1) is 0 Å². The highest BCUT2D eigenvalue weighted by Crippen LogP contribution is 2.43. The molecule has 0 atom stereocenters. The molecule has 0 bridgehead atoms. The Morgan fingerprint density at radius 1 is 0.609 bits per heavy atom. The summed E-state index contributed by atoms with van der Waals surface area (Å²) in [7, 11) is 0. The number of rotatable bonds is 2. The van der Waals surface area contributed by atoms with Crippen LogP contribution in [0.4, 0.5) is 0 Å². The third kappa shape index (κ3) is 1.55. The van der Waals surface area contributed by atoms with Crippen LogP contribution in [0.2, 0.25) is 0 Å². The predicted octanol–water partition coefficient (Wildman–Crippen LogP) is 5.27. The third-order valence-electron chi connectivity index (χ3n) is 4.65.